The van der Waals surface area contributed by atoms with Crippen molar-refractivity contribution in [2.24, 2.45) is 5.10 Å². The molecule has 0 radical (unpaired) electrons. The number of rotatable bonds is 4. The SMILES string of the molecule is CCOC(=O)c1c(C)[nH]c(/C=N/n2c(C(C)(C)C)n[nH]c2=S)c1C. The zero-order chi connectivity index (χ0) is 18.1. The van der Waals surface area contributed by atoms with Crippen molar-refractivity contribution >= 4 is 24.4 Å². The lowest BCUT2D eigenvalue weighted by molar-refractivity contribution is 0.0525. The van der Waals surface area contributed by atoms with Crippen molar-refractivity contribution in [1.82, 2.24) is 19.9 Å². The number of carbonyl (C=O) groups excluding carboxylic acids is 1. The van der Waals surface area contributed by atoms with Crippen molar-refractivity contribution in [3.63, 3.8) is 0 Å². The Morgan fingerprint density at radius 2 is 2.08 bits per heavy atom. The third-order valence-corrected chi connectivity index (χ3v) is 3.84. The minimum absolute atomic E-state index is 0.207. The average Bonchev–Trinajstić information content (AvgIpc) is 2.97. The lowest BCUT2D eigenvalue weighted by atomic mass is 9.96. The van der Waals surface area contributed by atoms with Crippen LogP contribution in [0.4, 0.5) is 0 Å². The molecule has 0 aromatic carbocycles. The molecule has 130 valence electrons. The first-order chi connectivity index (χ1) is 11.2. The van der Waals surface area contributed by atoms with Crippen LogP contribution >= 0.6 is 12.2 Å². The van der Waals surface area contributed by atoms with E-state index in [-0.39, 0.29) is 11.4 Å². The third-order valence-electron chi connectivity index (χ3n) is 3.58. The molecule has 0 amide bonds. The largest absolute Gasteiger partial charge is 0.462 e. The van der Waals surface area contributed by atoms with Crippen molar-refractivity contribution in [3.05, 3.63) is 33.1 Å². The second-order valence-electron chi connectivity index (χ2n) is 6.54. The quantitative estimate of drug-likeness (QED) is 0.504. The number of aromatic amines is 2. The van der Waals surface area contributed by atoms with E-state index in [0.29, 0.717) is 16.9 Å². The predicted molar refractivity (Wildman–Crippen MR) is 95.3 cm³/mol. The molecule has 7 nitrogen and oxygen atoms in total. The predicted octanol–water partition coefficient (Wildman–Crippen LogP) is 3.24. The number of hydrogen-bond donors (Lipinski definition) is 2. The van der Waals surface area contributed by atoms with Crippen LogP contribution in [0.3, 0.4) is 0 Å². The van der Waals surface area contributed by atoms with Gasteiger partial charge < -0.3 is 9.72 Å². The summed E-state index contributed by atoms with van der Waals surface area (Å²) in [5.74, 6) is 0.397. The maximum absolute atomic E-state index is 12.0. The fourth-order valence-electron chi connectivity index (χ4n) is 2.41. The minimum Gasteiger partial charge on any atom is -0.462 e. The standard InChI is InChI=1S/C16H23N5O2S/c1-7-23-13(22)12-9(2)11(18-10(12)3)8-17-21-14(16(4,5)6)19-20-15(21)24/h8,18H,7H2,1-6H3,(H,20,24)/b17-8+. The first-order valence-corrected chi connectivity index (χ1v) is 8.16. The van der Waals surface area contributed by atoms with E-state index in [0.717, 1.165) is 22.8 Å². The van der Waals surface area contributed by atoms with Crippen LogP contribution in [0.1, 0.15) is 60.8 Å². The molecule has 2 heterocycles. The van der Waals surface area contributed by atoms with Crippen molar-refractivity contribution in [1.29, 1.82) is 0 Å². The molecule has 8 heteroatoms. The number of esters is 1. The molecule has 2 N–H and O–H groups in total. The summed E-state index contributed by atoms with van der Waals surface area (Å²) in [5.41, 5.74) is 2.62. The van der Waals surface area contributed by atoms with Crippen molar-refractivity contribution < 1.29 is 9.53 Å². The highest BCUT2D eigenvalue weighted by molar-refractivity contribution is 7.71. The normalized spacial score (nSPS) is 12.1. The van der Waals surface area contributed by atoms with Crippen LogP contribution in [-0.2, 0) is 10.2 Å². The topological polar surface area (TPSA) is 88.1 Å². The van der Waals surface area contributed by atoms with Crippen LogP contribution in [-0.4, -0.2) is 38.6 Å². The zero-order valence-corrected chi connectivity index (χ0v) is 15.7. The highest BCUT2D eigenvalue weighted by Gasteiger charge is 2.22. The highest BCUT2D eigenvalue weighted by Crippen LogP contribution is 2.21. The van der Waals surface area contributed by atoms with Gasteiger partial charge in [0.1, 0.15) is 0 Å². The summed E-state index contributed by atoms with van der Waals surface area (Å²) in [6.07, 6.45) is 1.64. The number of nitrogens with one attached hydrogen (secondary N) is 2. The van der Waals surface area contributed by atoms with Crippen molar-refractivity contribution in [2.75, 3.05) is 6.61 Å². The molecule has 0 spiro atoms. The Labute approximate surface area is 146 Å². The molecule has 0 atom stereocenters. The van der Waals surface area contributed by atoms with Gasteiger partial charge in [0.05, 0.1) is 24.1 Å². The lowest BCUT2D eigenvalue weighted by Crippen LogP contribution is -2.17. The van der Waals surface area contributed by atoms with E-state index in [2.05, 4.69) is 20.3 Å². The molecule has 0 saturated heterocycles. The van der Waals surface area contributed by atoms with Gasteiger partial charge in [0, 0.05) is 11.1 Å². The Bertz CT molecular complexity index is 836. The zero-order valence-electron chi connectivity index (χ0n) is 14.9. The minimum atomic E-state index is -0.335. The first kappa shape index (κ1) is 18.1. The number of aromatic nitrogens is 4. The fraction of sp³-hybridized carbons (Fsp3) is 0.500. The second kappa shape index (κ2) is 6.72. The first-order valence-electron chi connectivity index (χ1n) is 7.75. The Kier molecular flexibility index (Phi) is 5.08. The summed E-state index contributed by atoms with van der Waals surface area (Å²) in [4.78, 5) is 15.2. The van der Waals surface area contributed by atoms with Gasteiger partial charge in [-0.25, -0.2) is 4.79 Å². The van der Waals surface area contributed by atoms with Crippen molar-refractivity contribution in [2.45, 2.75) is 47.0 Å². The van der Waals surface area contributed by atoms with Crippen LogP contribution in [0.15, 0.2) is 5.10 Å². The smallest absolute Gasteiger partial charge is 0.340 e. The molecule has 2 rings (SSSR count). The Morgan fingerprint density at radius 3 is 2.67 bits per heavy atom. The van der Waals surface area contributed by atoms with E-state index < -0.39 is 0 Å². The second-order valence-corrected chi connectivity index (χ2v) is 6.93. The number of aryl methyl sites for hydroxylation is 1. The van der Waals surface area contributed by atoms with Crippen LogP contribution in [0.5, 0.6) is 0 Å². The van der Waals surface area contributed by atoms with Gasteiger partial charge in [0.25, 0.3) is 0 Å². The van der Waals surface area contributed by atoms with E-state index in [9.17, 15) is 4.79 Å². The molecular formula is C16H23N5O2S. The Hall–Kier alpha value is -2.22. The van der Waals surface area contributed by atoms with Crippen LogP contribution in [0, 0.1) is 18.6 Å². The molecule has 2 aromatic heterocycles. The third kappa shape index (κ3) is 3.48. The fourth-order valence-corrected chi connectivity index (χ4v) is 2.59. The molecule has 0 fully saturated rings. The number of carbonyl (C=O) groups is 1. The van der Waals surface area contributed by atoms with Crippen LogP contribution in [0.25, 0.3) is 0 Å². The van der Waals surface area contributed by atoms with Gasteiger partial charge in [-0.05, 0) is 38.6 Å². The van der Waals surface area contributed by atoms with Gasteiger partial charge in [-0.3, -0.25) is 5.10 Å². The highest BCUT2D eigenvalue weighted by atomic mass is 32.1. The Morgan fingerprint density at radius 1 is 1.42 bits per heavy atom. The molecule has 2 aromatic rings. The van der Waals surface area contributed by atoms with E-state index in [1.807, 2.05) is 34.6 Å². The lowest BCUT2D eigenvalue weighted by Gasteiger charge is -2.15. The molecule has 0 bridgehead atoms. The molecule has 0 aliphatic rings. The average molecular weight is 349 g/mol. The maximum atomic E-state index is 12.0. The Balaban J connectivity index is 2.42. The van der Waals surface area contributed by atoms with Crippen molar-refractivity contribution in [3.8, 4) is 0 Å². The van der Waals surface area contributed by atoms with Gasteiger partial charge in [-0.1, -0.05) is 20.8 Å². The molecule has 0 aliphatic carbocycles. The monoisotopic (exact) mass is 349 g/mol. The molecular weight excluding hydrogens is 326 g/mol. The molecule has 0 saturated carbocycles. The van der Waals surface area contributed by atoms with Gasteiger partial charge in [-0.2, -0.15) is 14.9 Å². The molecule has 0 unspecified atom stereocenters. The number of nitrogens with zero attached hydrogens (tertiary/aromatic N) is 3. The number of H-pyrrole nitrogens is 2. The van der Waals surface area contributed by atoms with Crippen LogP contribution < -0.4 is 0 Å². The summed E-state index contributed by atoms with van der Waals surface area (Å²) in [5, 5.41) is 11.4. The van der Waals surface area contributed by atoms with Gasteiger partial charge in [0.2, 0.25) is 4.77 Å². The van der Waals surface area contributed by atoms with E-state index in [1.54, 1.807) is 17.8 Å². The van der Waals surface area contributed by atoms with Gasteiger partial charge in [0.15, 0.2) is 5.82 Å². The number of hydrogen-bond acceptors (Lipinski definition) is 5. The maximum Gasteiger partial charge on any atom is 0.340 e. The molecule has 0 aliphatic heterocycles. The summed E-state index contributed by atoms with van der Waals surface area (Å²) in [6, 6.07) is 0. The van der Waals surface area contributed by atoms with E-state index in [1.165, 1.54) is 0 Å². The van der Waals surface area contributed by atoms with Gasteiger partial charge in [-0.15, -0.1) is 0 Å². The summed E-state index contributed by atoms with van der Waals surface area (Å²) >= 11 is 5.24. The van der Waals surface area contributed by atoms with E-state index in [4.69, 9.17) is 17.0 Å². The summed E-state index contributed by atoms with van der Waals surface area (Å²) in [7, 11) is 0. The summed E-state index contributed by atoms with van der Waals surface area (Å²) < 4.78 is 7.11. The van der Waals surface area contributed by atoms with Crippen LogP contribution in [0.2, 0.25) is 0 Å². The number of ether oxygens (including phenoxy) is 1. The molecule has 24 heavy (non-hydrogen) atoms. The summed E-state index contributed by atoms with van der Waals surface area (Å²) in [6.45, 7) is 11.9. The van der Waals surface area contributed by atoms with Gasteiger partial charge >= 0.3 is 5.97 Å². The van der Waals surface area contributed by atoms with E-state index >= 15 is 0 Å².